The van der Waals surface area contributed by atoms with Crippen LogP contribution >= 0.6 is 27.5 Å². The Labute approximate surface area is 128 Å². The van der Waals surface area contributed by atoms with E-state index >= 15 is 0 Å². The maximum atomic E-state index is 12.1. The number of carbonyl (C=O) groups excluding carboxylic acids is 2. The second-order valence-corrected chi connectivity index (χ2v) is 5.11. The van der Waals surface area contributed by atoms with Crippen molar-refractivity contribution in [2.45, 2.75) is 0 Å². The number of aromatic nitrogens is 1. The number of anilines is 1. The monoisotopic (exact) mass is 353 g/mol. The molecule has 0 aliphatic heterocycles. The third-order valence-corrected chi connectivity index (χ3v) is 3.44. The zero-order chi connectivity index (χ0) is 14.7. The van der Waals surface area contributed by atoms with E-state index in [1.54, 1.807) is 12.1 Å². The lowest BCUT2D eigenvalue weighted by molar-refractivity contribution is 0.0995. The van der Waals surface area contributed by atoms with Gasteiger partial charge in [0.2, 0.25) is 5.91 Å². The Hall–Kier alpha value is -1.92. The molecule has 0 saturated heterocycles. The van der Waals surface area contributed by atoms with Gasteiger partial charge in [0.1, 0.15) is 5.69 Å². The Bertz CT molecular complexity index is 691. The molecule has 0 saturated carbocycles. The van der Waals surface area contributed by atoms with Crippen molar-refractivity contribution in [3.05, 3.63) is 57.3 Å². The van der Waals surface area contributed by atoms with E-state index in [1.165, 1.54) is 24.4 Å². The first-order chi connectivity index (χ1) is 9.49. The van der Waals surface area contributed by atoms with E-state index in [0.717, 1.165) is 0 Å². The molecule has 0 spiro atoms. The summed E-state index contributed by atoms with van der Waals surface area (Å²) >= 11 is 9.21. The van der Waals surface area contributed by atoms with Gasteiger partial charge in [-0.2, -0.15) is 0 Å². The third-order valence-electron chi connectivity index (χ3n) is 2.47. The summed E-state index contributed by atoms with van der Waals surface area (Å²) < 4.78 is 0.555. The zero-order valence-corrected chi connectivity index (χ0v) is 12.4. The van der Waals surface area contributed by atoms with Crippen molar-refractivity contribution in [1.82, 2.24) is 4.98 Å². The second-order valence-electron chi connectivity index (χ2n) is 3.85. The molecule has 0 fully saturated rings. The van der Waals surface area contributed by atoms with Crippen LogP contribution in [0.2, 0.25) is 5.02 Å². The number of nitrogens with two attached hydrogens (primary N) is 1. The Morgan fingerprint density at radius 1 is 1.30 bits per heavy atom. The zero-order valence-electron chi connectivity index (χ0n) is 10.1. The quantitative estimate of drug-likeness (QED) is 0.889. The molecule has 3 N–H and O–H groups in total. The van der Waals surface area contributed by atoms with E-state index < -0.39 is 11.8 Å². The number of pyridine rings is 1. The molecular formula is C13H9BrClN3O2. The summed E-state index contributed by atoms with van der Waals surface area (Å²) in [5.41, 5.74) is 5.95. The van der Waals surface area contributed by atoms with Crippen LogP contribution in [0.15, 0.2) is 41.0 Å². The van der Waals surface area contributed by atoms with E-state index in [2.05, 4.69) is 26.2 Å². The average molecular weight is 355 g/mol. The molecule has 2 amide bonds. The number of carbonyl (C=O) groups is 2. The fourth-order valence-electron chi connectivity index (χ4n) is 1.51. The molecule has 1 aromatic heterocycles. The number of nitrogens with zero attached hydrogens (tertiary/aromatic N) is 1. The van der Waals surface area contributed by atoms with Gasteiger partial charge in [0, 0.05) is 16.2 Å². The van der Waals surface area contributed by atoms with Crippen molar-refractivity contribution >= 4 is 45.0 Å². The first-order valence-electron chi connectivity index (χ1n) is 5.50. The fourth-order valence-corrected chi connectivity index (χ4v) is 2.11. The highest BCUT2D eigenvalue weighted by Crippen LogP contribution is 2.24. The van der Waals surface area contributed by atoms with Crippen molar-refractivity contribution < 1.29 is 9.59 Å². The normalized spacial score (nSPS) is 10.1. The predicted octanol–water partition coefficient (Wildman–Crippen LogP) is 2.85. The van der Waals surface area contributed by atoms with Gasteiger partial charge in [-0.25, -0.2) is 4.98 Å². The lowest BCUT2D eigenvalue weighted by Crippen LogP contribution is -2.16. The first-order valence-corrected chi connectivity index (χ1v) is 6.67. The molecule has 5 nitrogen and oxygen atoms in total. The van der Waals surface area contributed by atoms with Gasteiger partial charge in [0.15, 0.2) is 0 Å². The molecule has 1 heterocycles. The number of primary amides is 1. The highest BCUT2D eigenvalue weighted by molar-refractivity contribution is 9.10. The molecule has 0 aliphatic rings. The van der Waals surface area contributed by atoms with Crippen LogP contribution in [0.4, 0.5) is 5.69 Å². The molecular weight excluding hydrogens is 346 g/mol. The van der Waals surface area contributed by atoms with Crippen LogP contribution in [0.3, 0.4) is 0 Å². The molecule has 2 rings (SSSR count). The van der Waals surface area contributed by atoms with Gasteiger partial charge in [-0.1, -0.05) is 11.6 Å². The van der Waals surface area contributed by atoms with Crippen molar-refractivity contribution in [1.29, 1.82) is 0 Å². The Balaban J connectivity index is 2.30. The summed E-state index contributed by atoms with van der Waals surface area (Å²) in [4.78, 5) is 27.2. The Kier molecular flexibility index (Phi) is 4.36. The van der Waals surface area contributed by atoms with Gasteiger partial charge in [-0.15, -0.1) is 0 Å². The second kappa shape index (κ2) is 6.02. The standard InChI is InChI=1S/C13H9BrClN3O2/c14-8-2-1-5-17-11(8)13(20)18-10-6-7(12(16)19)3-4-9(10)15/h1-6H,(H2,16,19)(H,18,20). The smallest absolute Gasteiger partial charge is 0.275 e. The highest BCUT2D eigenvalue weighted by atomic mass is 79.9. The summed E-state index contributed by atoms with van der Waals surface area (Å²) in [5, 5.41) is 2.89. The lowest BCUT2D eigenvalue weighted by Gasteiger charge is -2.08. The summed E-state index contributed by atoms with van der Waals surface area (Å²) in [6, 6.07) is 7.78. The summed E-state index contributed by atoms with van der Waals surface area (Å²) in [6.07, 6.45) is 1.50. The molecule has 0 bridgehead atoms. The molecule has 0 aliphatic carbocycles. The minimum absolute atomic E-state index is 0.216. The van der Waals surface area contributed by atoms with Crippen molar-refractivity contribution in [3.8, 4) is 0 Å². The van der Waals surface area contributed by atoms with Crippen LogP contribution in [-0.4, -0.2) is 16.8 Å². The number of halogens is 2. The molecule has 2 aromatic rings. The van der Waals surface area contributed by atoms with Gasteiger partial charge in [0.05, 0.1) is 10.7 Å². The van der Waals surface area contributed by atoms with E-state index in [0.29, 0.717) is 15.2 Å². The summed E-state index contributed by atoms with van der Waals surface area (Å²) in [7, 11) is 0. The maximum Gasteiger partial charge on any atom is 0.275 e. The maximum absolute atomic E-state index is 12.1. The van der Waals surface area contributed by atoms with Crippen LogP contribution in [0.25, 0.3) is 0 Å². The Morgan fingerprint density at radius 3 is 2.70 bits per heavy atom. The van der Waals surface area contributed by atoms with E-state index in [9.17, 15) is 9.59 Å². The minimum atomic E-state index is -0.601. The molecule has 0 unspecified atom stereocenters. The topological polar surface area (TPSA) is 85.1 Å². The van der Waals surface area contributed by atoms with Gasteiger partial charge < -0.3 is 11.1 Å². The molecule has 0 radical (unpaired) electrons. The number of benzene rings is 1. The lowest BCUT2D eigenvalue weighted by atomic mass is 10.2. The number of hydrogen-bond acceptors (Lipinski definition) is 3. The van der Waals surface area contributed by atoms with Gasteiger partial charge in [0.25, 0.3) is 5.91 Å². The molecule has 0 atom stereocenters. The molecule has 102 valence electrons. The Morgan fingerprint density at radius 2 is 2.05 bits per heavy atom. The number of amides is 2. The fraction of sp³-hybridized carbons (Fsp3) is 0. The summed E-state index contributed by atoms with van der Waals surface area (Å²) in [5.74, 6) is -1.04. The van der Waals surface area contributed by atoms with Crippen LogP contribution in [-0.2, 0) is 0 Å². The van der Waals surface area contributed by atoms with Crippen LogP contribution in [0, 0.1) is 0 Å². The van der Waals surface area contributed by atoms with Crippen molar-refractivity contribution in [3.63, 3.8) is 0 Å². The van der Waals surface area contributed by atoms with Gasteiger partial charge in [-0.05, 0) is 46.3 Å². The van der Waals surface area contributed by atoms with Crippen LogP contribution < -0.4 is 11.1 Å². The minimum Gasteiger partial charge on any atom is -0.366 e. The average Bonchev–Trinajstić information content (AvgIpc) is 2.41. The van der Waals surface area contributed by atoms with Gasteiger partial charge in [-0.3, -0.25) is 9.59 Å². The molecule has 20 heavy (non-hydrogen) atoms. The predicted molar refractivity (Wildman–Crippen MR) is 79.9 cm³/mol. The van der Waals surface area contributed by atoms with Crippen LogP contribution in [0.1, 0.15) is 20.8 Å². The molecule has 7 heteroatoms. The van der Waals surface area contributed by atoms with Crippen LogP contribution in [0.5, 0.6) is 0 Å². The van der Waals surface area contributed by atoms with Gasteiger partial charge >= 0.3 is 0 Å². The largest absolute Gasteiger partial charge is 0.366 e. The third kappa shape index (κ3) is 3.15. The van der Waals surface area contributed by atoms with E-state index in [4.69, 9.17) is 17.3 Å². The highest BCUT2D eigenvalue weighted by Gasteiger charge is 2.14. The van der Waals surface area contributed by atoms with Crippen molar-refractivity contribution in [2.24, 2.45) is 5.73 Å². The SMILES string of the molecule is NC(=O)c1ccc(Cl)c(NC(=O)c2ncccc2Br)c1. The molecule has 1 aromatic carbocycles. The summed E-state index contributed by atoms with van der Waals surface area (Å²) in [6.45, 7) is 0. The van der Waals surface area contributed by atoms with E-state index in [1.807, 2.05) is 0 Å². The van der Waals surface area contributed by atoms with Crippen molar-refractivity contribution in [2.75, 3.05) is 5.32 Å². The number of hydrogen-bond donors (Lipinski definition) is 2. The van der Waals surface area contributed by atoms with E-state index in [-0.39, 0.29) is 11.3 Å². The number of rotatable bonds is 3. The first kappa shape index (κ1) is 14.5. The number of nitrogens with one attached hydrogen (secondary N) is 1.